The van der Waals surface area contributed by atoms with Crippen LogP contribution in [0.1, 0.15) is 24.8 Å². The van der Waals surface area contributed by atoms with Gasteiger partial charge in [0.25, 0.3) is 0 Å². The standard InChI is InChI=1S/C14H19ClFNO2/c1-18-13-8-10(9-17-11-3-4-11)7-12(15)14(13)19-6-2-5-16/h7-8,11,17H,2-6,9H2,1H3. The van der Waals surface area contributed by atoms with E-state index in [1.54, 1.807) is 7.11 Å². The molecule has 0 radical (unpaired) electrons. The van der Waals surface area contributed by atoms with E-state index in [9.17, 15) is 4.39 Å². The number of halogens is 2. The molecule has 2 rings (SSSR count). The van der Waals surface area contributed by atoms with Crippen LogP contribution in [-0.4, -0.2) is 26.4 Å². The van der Waals surface area contributed by atoms with Crippen LogP contribution >= 0.6 is 11.6 Å². The van der Waals surface area contributed by atoms with Crippen molar-refractivity contribution in [3.8, 4) is 11.5 Å². The van der Waals surface area contributed by atoms with Gasteiger partial charge in [0.1, 0.15) is 0 Å². The molecule has 1 N–H and O–H groups in total. The van der Waals surface area contributed by atoms with E-state index in [1.807, 2.05) is 12.1 Å². The third kappa shape index (κ3) is 4.25. The van der Waals surface area contributed by atoms with Crippen molar-refractivity contribution in [2.75, 3.05) is 20.4 Å². The number of hydrogen-bond donors (Lipinski definition) is 1. The average Bonchev–Trinajstić information content (AvgIpc) is 3.22. The summed E-state index contributed by atoms with van der Waals surface area (Å²) in [5.74, 6) is 1.09. The summed E-state index contributed by atoms with van der Waals surface area (Å²) in [4.78, 5) is 0. The van der Waals surface area contributed by atoms with Crippen molar-refractivity contribution in [3.63, 3.8) is 0 Å². The molecule has 0 aliphatic heterocycles. The number of methoxy groups -OCH3 is 1. The zero-order valence-corrected chi connectivity index (χ0v) is 11.8. The van der Waals surface area contributed by atoms with Gasteiger partial charge in [0.05, 0.1) is 25.4 Å². The third-order valence-corrected chi connectivity index (χ3v) is 3.27. The van der Waals surface area contributed by atoms with E-state index < -0.39 is 6.67 Å². The second-order valence-corrected chi connectivity index (χ2v) is 5.06. The average molecular weight is 288 g/mol. The fourth-order valence-corrected chi connectivity index (χ4v) is 2.08. The summed E-state index contributed by atoms with van der Waals surface area (Å²) in [6, 6.07) is 4.42. The Hall–Kier alpha value is -1.00. The summed E-state index contributed by atoms with van der Waals surface area (Å²) in [5.41, 5.74) is 1.06. The third-order valence-electron chi connectivity index (χ3n) is 2.99. The van der Waals surface area contributed by atoms with Gasteiger partial charge in [-0.2, -0.15) is 0 Å². The maximum absolute atomic E-state index is 12.1. The molecule has 19 heavy (non-hydrogen) atoms. The van der Waals surface area contributed by atoms with Crippen molar-refractivity contribution in [2.24, 2.45) is 0 Å². The molecule has 1 aromatic rings. The molecular formula is C14H19ClFNO2. The van der Waals surface area contributed by atoms with E-state index in [0.29, 0.717) is 35.6 Å². The second kappa shape index (κ2) is 6.96. The molecule has 1 saturated carbocycles. The van der Waals surface area contributed by atoms with Crippen LogP contribution in [-0.2, 0) is 6.54 Å². The first-order valence-electron chi connectivity index (χ1n) is 6.53. The van der Waals surface area contributed by atoms with Gasteiger partial charge < -0.3 is 14.8 Å². The summed E-state index contributed by atoms with van der Waals surface area (Å²) in [5, 5.41) is 3.92. The lowest BCUT2D eigenvalue weighted by molar-refractivity contribution is 0.274. The van der Waals surface area contributed by atoms with Gasteiger partial charge in [-0.05, 0) is 30.5 Å². The summed E-state index contributed by atoms with van der Waals surface area (Å²) >= 11 is 6.20. The first-order valence-corrected chi connectivity index (χ1v) is 6.91. The minimum absolute atomic E-state index is 0.298. The fourth-order valence-electron chi connectivity index (χ4n) is 1.79. The van der Waals surface area contributed by atoms with Gasteiger partial charge in [-0.25, -0.2) is 0 Å². The SMILES string of the molecule is COc1cc(CNC2CC2)cc(Cl)c1OCCCF. The van der Waals surface area contributed by atoms with E-state index >= 15 is 0 Å². The molecule has 1 aliphatic rings. The number of alkyl halides is 1. The van der Waals surface area contributed by atoms with E-state index in [0.717, 1.165) is 12.1 Å². The lowest BCUT2D eigenvalue weighted by atomic mass is 10.2. The Morgan fingerprint density at radius 2 is 2.21 bits per heavy atom. The molecule has 0 amide bonds. The Morgan fingerprint density at radius 3 is 2.84 bits per heavy atom. The minimum Gasteiger partial charge on any atom is -0.493 e. The number of rotatable bonds is 8. The van der Waals surface area contributed by atoms with Gasteiger partial charge in [-0.1, -0.05) is 11.6 Å². The zero-order chi connectivity index (χ0) is 13.7. The Labute approximate surface area is 118 Å². The van der Waals surface area contributed by atoms with Crippen molar-refractivity contribution in [3.05, 3.63) is 22.7 Å². The molecule has 1 aliphatic carbocycles. The molecule has 1 fully saturated rings. The molecular weight excluding hydrogens is 269 g/mol. The van der Waals surface area contributed by atoms with Crippen LogP contribution in [0.15, 0.2) is 12.1 Å². The summed E-state index contributed by atoms with van der Waals surface area (Å²) in [6.07, 6.45) is 2.84. The Morgan fingerprint density at radius 1 is 1.42 bits per heavy atom. The van der Waals surface area contributed by atoms with Crippen molar-refractivity contribution in [1.82, 2.24) is 5.32 Å². The highest BCUT2D eigenvalue weighted by atomic mass is 35.5. The van der Waals surface area contributed by atoms with Gasteiger partial charge in [0, 0.05) is 19.0 Å². The van der Waals surface area contributed by atoms with Crippen LogP contribution in [0.5, 0.6) is 11.5 Å². The van der Waals surface area contributed by atoms with Gasteiger partial charge in [0.15, 0.2) is 11.5 Å². The van der Waals surface area contributed by atoms with E-state index in [2.05, 4.69) is 5.32 Å². The van der Waals surface area contributed by atoms with Gasteiger partial charge in [-0.3, -0.25) is 4.39 Å². The van der Waals surface area contributed by atoms with Crippen molar-refractivity contribution < 1.29 is 13.9 Å². The molecule has 0 aromatic heterocycles. The van der Waals surface area contributed by atoms with Crippen LogP contribution in [0.4, 0.5) is 4.39 Å². The van der Waals surface area contributed by atoms with Crippen LogP contribution < -0.4 is 14.8 Å². The number of ether oxygens (including phenoxy) is 2. The van der Waals surface area contributed by atoms with Gasteiger partial charge >= 0.3 is 0 Å². The predicted octanol–water partition coefficient (Wildman–Crippen LogP) is 3.34. The molecule has 5 heteroatoms. The highest BCUT2D eigenvalue weighted by molar-refractivity contribution is 6.32. The van der Waals surface area contributed by atoms with E-state index in [1.165, 1.54) is 12.8 Å². The van der Waals surface area contributed by atoms with Gasteiger partial charge in [-0.15, -0.1) is 0 Å². The molecule has 106 valence electrons. The molecule has 0 atom stereocenters. The Kier molecular flexibility index (Phi) is 5.28. The lowest BCUT2D eigenvalue weighted by Crippen LogP contribution is -2.15. The van der Waals surface area contributed by atoms with E-state index in [4.69, 9.17) is 21.1 Å². The van der Waals surface area contributed by atoms with Crippen LogP contribution in [0.2, 0.25) is 5.02 Å². The van der Waals surface area contributed by atoms with Gasteiger partial charge in [0.2, 0.25) is 0 Å². The maximum atomic E-state index is 12.1. The predicted molar refractivity (Wildman–Crippen MR) is 74.0 cm³/mol. The topological polar surface area (TPSA) is 30.5 Å². The van der Waals surface area contributed by atoms with E-state index in [-0.39, 0.29) is 0 Å². The molecule has 1 aromatic carbocycles. The normalized spacial score (nSPS) is 14.5. The van der Waals surface area contributed by atoms with Crippen LogP contribution in [0.25, 0.3) is 0 Å². The maximum Gasteiger partial charge on any atom is 0.179 e. The highest BCUT2D eigenvalue weighted by Crippen LogP contribution is 2.36. The van der Waals surface area contributed by atoms with Crippen LogP contribution in [0.3, 0.4) is 0 Å². The first kappa shape index (κ1) is 14.4. The zero-order valence-electron chi connectivity index (χ0n) is 11.0. The minimum atomic E-state index is -0.399. The lowest BCUT2D eigenvalue weighted by Gasteiger charge is -2.14. The molecule has 0 saturated heterocycles. The molecule has 0 unspecified atom stereocenters. The monoisotopic (exact) mass is 287 g/mol. The summed E-state index contributed by atoms with van der Waals surface area (Å²) in [7, 11) is 1.58. The van der Waals surface area contributed by atoms with Crippen molar-refractivity contribution in [2.45, 2.75) is 31.8 Å². The summed E-state index contributed by atoms with van der Waals surface area (Å²) in [6.45, 7) is 0.668. The van der Waals surface area contributed by atoms with Crippen molar-refractivity contribution >= 4 is 11.6 Å². The quantitative estimate of drug-likeness (QED) is 0.744. The largest absolute Gasteiger partial charge is 0.493 e. The first-order chi connectivity index (χ1) is 9.24. The fraction of sp³-hybridized carbons (Fsp3) is 0.571. The Bertz CT molecular complexity index is 424. The molecule has 3 nitrogen and oxygen atoms in total. The molecule has 0 bridgehead atoms. The number of hydrogen-bond acceptors (Lipinski definition) is 3. The molecule has 0 spiro atoms. The Balaban J connectivity index is 2.04. The van der Waals surface area contributed by atoms with Crippen LogP contribution in [0, 0.1) is 0 Å². The molecule has 0 heterocycles. The number of nitrogens with one attached hydrogen (secondary N) is 1. The smallest absolute Gasteiger partial charge is 0.179 e. The second-order valence-electron chi connectivity index (χ2n) is 4.66. The highest BCUT2D eigenvalue weighted by Gasteiger charge is 2.20. The summed E-state index contributed by atoms with van der Waals surface area (Å²) < 4.78 is 22.8. The number of benzene rings is 1. The van der Waals surface area contributed by atoms with Crippen molar-refractivity contribution in [1.29, 1.82) is 0 Å².